The van der Waals surface area contributed by atoms with Crippen LogP contribution in [0.2, 0.25) is 0 Å². The molecule has 332 valence electrons. The van der Waals surface area contributed by atoms with Gasteiger partial charge in [-0.25, -0.2) is 27.1 Å². The number of nitrogens with zero attached hydrogens (tertiary/aromatic N) is 1. The summed E-state index contributed by atoms with van der Waals surface area (Å²) in [7, 11) is -11.0. The fourth-order valence-corrected chi connectivity index (χ4v) is 10.8. The molecule has 0 atom stereocenters. The number of aryl methyl sites for hydroxylation is 1. The van der Waals surface area contributed by atoms with Crippen LogP contribution in [-0.2, 0) is 30.1 Å². The maximum absolute atomic E-state index is 12.4. The van der Waals surface area contributed by atoms with Crippen molar-refractivity contribution in [1.29, 1.82) is 0 Å². The number of hydrogen-bond acceptors (Lipinski definition) is 11. The number of sulfonamides is 3. The van der Waals surface area contributed by atoms with Crippen LogP contribution in [0.1, 0.15) is 29.2 Å². The number of halogens is 1. The van der Waals surface area contributed by atoms with E-state index in [0.717, 1.165) is 60.4 Å². The fourth-order valence-electron chi connectivity index (χ4n) is 6.33. The van der Waals surface area contributed by atoms with Crippen LogP contribution in [0.25, 0.3) is 5.57 Å². The second-order valence-corrected chi connectivity index (χ2v) is 22.4. The van der Waals surface area contributed by atoms with E-state index in [2.05, 4.69) is 55.2 Å². The zero-order valence-electron chi connectivity index (χ0n) is 34.7. The van der Waals surface area contributed by atoms with Crippen LogP contribution in [0.5, 0.6) is 0 Å². The Kier molecular flexibility index (Phi) is 14.4. The van der Waals surface area contributed by atoms with Crippen LogP contribution >= 0.6 is 39.5 Å². The molecule has 0 saturated carbocycles. The molecule has 65 heavy (non-hydrogen) atoms. The van der Waals surface area contributed by atoms with Gasteiger partial charge in [-0.2, -0.15) is 18.4 Å². The maximum Gasteiger partial charge on any atom is 0.276 e. The Bertz CT molecular complexity index is 3330. The van der Waals surface area contributed by atoms with Gasteiger partial charge in [-0.3, -0.25) is 0 Å². The lowest BCUT2D eigenvalue weighted by Gasteiger charge is -2.21. The summed E-state index contributed by atoms with van der Waals surface area (Å²) in [6, 6.07) is 47.7. The van der Waals surface area contributed by atoms with Crippen molar-refractivity contribution in [2.45, 2.75) is 48.1 Å². The van der Waals surface area contributed by atoms with Crippen molar-refractivity contribution in [3.05, 3.63) is 191 Å². The minimum absolute atomic E-state index is 0.0803. The van der Waals surface area contributed by atoms with Gasteiger partial charge in [0.05, 0.1) is 43.1 Å². The van der Waals surface area contributed by atoms with Gasteiger partial charge in [-0.1, -0.05) is 118 Å². The highest BCUT2D eigenvalue weighted by Crippen LogP contribution is 2.46. The lowest BCUT2D eigenvalue weighted by molar-refractivity contribution is 0.584. The second-order valence-electron chi connectivity index (χ2n) is 14.5. The number of nitrogens with two attached hydrogens (primary N) is 2. The smallest absolute Gasteiger partial charge is 0.276 e. The van der Waals surface area contributed by atoms with Crippen LogP contribution in [0.4, 0.5) is 22.7 Å². The number of nitrogens with one attached hydrogen (secondary N) is 3. The molecule has 0 unspecified atom stereocenters. The number of para-hydroxylation sites is 2. The van der Waals surface area contributed by atoms with E-state index in [0.29, 0.717) is 10.2 Å². The van der Waals surface area contributed by atoms with Gasteiger partial charge in [-0.05, 0) is 127 Å². The molecule has 0 spiro atoms. The fraction of sp³-hybridized carbons (Fsp3) is 0.0426. The minimum atomic E-state index is -3.75. The maximum atomic E-state index is 12.4. The summed E-state index contributed by atoms with van der Waals surface area (Å²) < 4.78 is 70.2. The number of fused-ring (bicyclic) bond motifs is 4. The summed E-state index contributed by atoms with van der Waals surface area (Å²) in [5.41, 5.74) is 8.94. The van der Waals surface area contributed by atoms with E-state index in [-0.39, 0.29) is 14.7 Å². The first kappa shape index (κ1) is 47.3. The van der Waals surface area contributed by atoms with Gasteiger partial charge in [0.25, 0.3) is 10.0 Å². The molecule has 0 aromatic heterocycles. The van der Waals surface area contributed by atoms with Gasteiger partial charge < -0.3 is 10.6 Å². The van der Waals surface area contributed by atoms with Gasteiger partial charge in [0.2, 0.25) is 20.0 Å². The van der Waals surface area contributed by atoms with E-state index in [1.807, 2.05) is 85.8 Å². The normalized spacial score (nSPS) is 12.7. The van der Waals surface area contributed by atoms with Crippen LogP contribution in [0.3, 0.4) is 0 Å². The van der Waals surface area contributed by atoms with Crippen molar-refractivity contribution in [2.24, 2.45) is 15.4 Å². The largest absolute Gasteiger partial charge is 0.354 e. The number of rotatable bonds is 8. The van der Waals surface area contributed by atoms with Crippen LogP contribution in [0.15, 0.2) is 208 Å². The van der Waals surface area contributed by atoms with E-state index in [4.69, 9.17) is 10.3 Å². The lowest BCUT2D eigenvalue weighted by atomic mass is 9.99. The minimum Gasteiger partial charge on any atom is -0.354 e. The standard InChI is InChI=1S/C21H19N3O2S2.C20H16N2O2S2.C6H6BrNO2S/c1-14-7-10-17(11-8-14)28(25,26)24-23-15(2)16-9-12-21-19(13-16)22-18-5-3-4-6-20(18)27-21;1-13(14-5-4-6-16(11-14)26(21,23)24)15-9-10-20-18(12-15)22-17-7-2-3-8-19(17)25-20;7-5-2-1-3-6(4-5)11(8,9)10/h3-13,22,24H,1-2H3;2-12,22H,1H2,(H2,21,23,24);1-4H,(H2,8,9,10)/b23-15+;;. The number of anilines is 4. The summed E-state index contributed by atoms with van der Waals surface area (Å²) in [6.07, 6.45) is 0. The Morgan fingerprint density at radius 3 is 1.57 bits per heavy atom. The summed E-state index contributed by atoms with van der Waals surface area (Å²) >= 11 is 6.56. The van der Waals surface area contributed by atoms with Gasteiger partial charge in [-0.15, -0.1) is 0 Å². The van der Waals surface area contributed by atoms with Crippen LogP contribution < -0.4 is 25.7 Å². The Morgan fingerprint density at radius 1 is 0.554 bits per heavy atom. The molecule has 2 aliphatic rings. The van der Waals surface area contributed by atoms with Gasteiger partial charge in [0, 0.05) is 24.1 Å². The molecule has 0 radical (unpaired) electrons. The molecule has 7 aromatic rings. The van der Waals surface area contributed by atoms with Crippen molar-refractivity contribution < 1.29 is 25.3 Å². The Balaban J connectivity index is 0.000000158. The summed E-state index contributed by atoms with van der Waals surface area (Å²) in [6.45, 7) is 7.83. The first-order valence-electron chi connectivity index (χ1n) is 19.4. The van der Waals surface area contributed by atoms with Crippen molar-refractivity contribution in [3.8, 4) is 0 Å². The summed E-state index contributed by atoms with van der Waals surface area (Å²) in [5, 5.41) is 21.1. The molecule has 7 aromatic carbocycles. The van der Waals surface area contributed by atoms with Crippen molar-refractivity contribution in [3.63, 3.8) is 0 Å². The highest BCUT2D eigenvalue weighted by Gasteiger charge is 2.19. The molecule has 2 aliphatic heterocycles. The predicted molar refractivity (Wildman–Crippen MR) is 266 cm³/mol. The molecule has 2 heterocycles. The Hall–Kier alpha value is -5.70. The number of hydrazone groups is 1. The van der Waals surface area contributed by atoms with Crippen molar-refractivity contribution in [2.75, 3.05) is 10.6 Å². The summed E-state index contributed by atoms with van der Waals surface area (Å²) in [5.74, 6) is 0. The Morgan fingerprint density at radius 2 is 1.03 bits per heavy atom. The van der Waals surface area contributed by atoms with Gasteiger partial charge in [0.15, 0.2) is 0 Å². The Labute approximate surface area is 395 Å². The quantitative estimate of drug-likeness (QED) is 0.0720. The molecule has 9 rings (SSSR count). The van der Waals surface area contributed by atoms with E-state index in [1.165, 1.54) is 28.0 Å². The van der Waals surface area contributed by atoms with Crippen molar-refractivity contribution >= 4 is 104 Å². The third kappa shape index (κ3) is 12.0. The first-order valence-corrected chi connectivity index (χ1v) is 26.4. The predicted octanol–water partition coefficient (Wildman–Crippen LogP) is 10.6. The van der Waals surface area contributed by atoms with E-state index in [1.54, 1.807) is 79.0 Å². The molecule has 0 amide bonds. The number of benzene rings is 7. The SMILES string of the molecule is C/C(=N\NS(=O)(=O)c1ccc(C)cc1)c1ccc2c(c1)Nc1ccccc1S2.C=C(c1cccc(S(N)(=O)=O)c1)c1ccc2c(c1)Nc1ccccc1S2.NS(=O)(=O)c1cccc(Br)c1. The monoisotopic (exact) mass is 1020 g/mol. The third-order valence-corrected chi connectivity index (χ3v) is 15.6. The zero-order chi connectivity index (χ0) is 46.5. The highest BCUT2D eigenvalue weighted by molar-refractivity contribution is 9.10. The molecule has 0 bridgehead atoms. The van der Waals surface area contributed by atoms with E-state index in [9.17, 15) is 25.3 Å². The topological polar surface area (TPSA) is 203 Å². The number of primary sulfonamides is 2. The molecule has 18 heteroatoms. The van der Waals surface area contributed by atoms with Crippen LogP contribution in [-0.4, -0.2) is 31.0 Å². The van der Waals surface area contributed by atoms with E-state index < -0.39 is 30.1 Å². The summed E-state index contributed by atoms with van der Waals surface area (Å²) in [4.78, 5) is 7.34. The average molecular weight is 1030 g/mol. The van der Waals surface area contributed by atoms with Crippen LogP contribution in [0, 0.1) is 6.92 Å². The molecule has 12 nitrogen and oxygen atoms in total. The first-order chi connectivity index (χ1) is 30.8. The zero-order valence-corrected chi connectivity index (χ0v) is 40.4. The van der Waals surface area contributed by atoms with Gasteiger partial charge in [0.1, 0.15) is 0 Å². The average Bonchev–Trinajstić information content (AvgIpc) is 3.29. The molecular weight excluding hydrogens is 985 g/mol. The second kappa shape index (κ2) is 19.8. The highest BCUT2D eigenvalue weighted by atomic mass is 79.9. The molecule has 0 fully saturated rings. The lowest BCUT2D eigenvalue weighted by Crippen LogP contribution is -2.20. The van der Waals surface area contributed by atoms with E-state index >= 15 is 0 Å². The van der Waals surface area contributed by atoms with Crippen molar-refractivity contribution in [1.82, 2.24) is 4.83 Å². The third-order valence-electron chi connectivity index (χ3n) is 9.78. The molecule has 0 saturated heterocycles. The molecular formula is C47H41BrN6O6S5. The molecule has 7 N–H and O–H groups in total. The van der Waals surface area contributed by atoms with Gasteiger partial charge >= 0.3 is 0 Å². The number of hydrogen-bond donors (Lipinski definition) is 5. The molecule has 0 aliphatic carbocycles.